The molecule has 2 N–H and O–H groups in total. The maximum atomic E-state index is 14.6. The quantitative estimate of drug-likeness (QED) is 0.183. The summed E-state index contributed by atoms with van der Waals surface area (Å²) < 4.78 is 91.7. The molecule has 0 atom stereocenters. The lowest BCUT2D eigenvalue weighted by Crippen LogP contribution is -2.15. The molecular weight excluding hydrogens is 590 g/mol. The summed E-state index contributed by atoms with van der Waals surface area (Å²) in [6.07, 6.45) is -3.92. The Labute approximate surface area is 246 Å². The van der Waals surface area contributed by atoms with Gasteiger partial charge in [-0.3, -0.25) is 4.72 Å². The van der Waals surface area contributed by atoms with E-state index < -0.39 is 32.5 Å². The Bertz CT molecular complexity index is 1690. The first-order chi connectivity index (χ1) is 19.6. The number of anilines is 2. The Kier molecular flexibility index (Phi) is 8.89. The molecule has 0 aliphatic rings. The number of aryl methyl sites for hydroxylation is 1. The standard InChI is InChI=1S/C30H31F4N3O3S2/c1-18-8-6-11-22(30(32,33)34)25(18)26-27(19-9-7-10-21(16-19)40-15-14-29(2,3)4)41-28(36-26)37-42(38,39)24-17-20(35-5)12-13-23(24)31/h6-13,16-17,35H,14-15H2,1-5H3,(H,36,37). The van der Waals surface area contributed by atoms with Gasteiger partial charge in [-0.2, -0.15) is 13.2 Å². The van der Waals surface area contributed by atoms with Gasteiger partial charge in [0.25, 0.3) is 10.0 Å². The minimum Gasteiger partial charge on any atom is -0.494 e. The third-order valence-electron chi connectivity index (χ3n) is 6.39. The van der Waals surface area contributed by atoms with E-state index in [1.807, 2.05) is 0 Å². The molecule has 4 rings (SSSR count). The van der Waals surface area contributed by atoms with Crippen LogP contribution in [0, 0.1) is 18.2 Å². The van der Waals surface area contributed by atoms with Crippen LogP contribution in [0.3, 0.4) is 0 Å². The van der Waals surface area contributed by atoms with E-state index in [2.05, 4.69) is 35.8 Å². The van der Waals surface area contributed by atoms with Crippen molar-refractivity contribution in [3.63, 3.8) is 0 Å². The van der Waals surface area contributed by atoms with E-state index >= 15 is 0 Å². The summed E-state index contributed by atoms with van der Waals surface area (Å²) in [5, 5.41) is 2.53. The van der Waals surface area contributed by atoms with E-state index in [4.69, 9.17) is 4.74 Å². The number of aromatic nitrogens is 1. The number of ether oxygens (including phenoxy) is 1. The van der Waals surface area contributed by atoms with Crippen LogP contribution in [-0.2, 0) is 16.2 Å². The van der Waals surface area contributed by atoms with Crippen molar-refractivity contribution >= 4 is 32.2 Å². The van der Waals surface area contributed by atoms with Gasteiger partial charge in [0.1, 0.15) is 16.5 Å². The number of halogens is 4. The van der Waals surface area contributed by atoms with Gasteiger partial charge in [0.2, 0.25) is 0 Å². The first kappa shape index (κ1) is 31.3. The van der Waals surface area contributed by atoms with Crippen molar-refractivity contribution in [3.8, 4) is 27.4 Å². The van der Waals surface area contributed by atoms with Crippen molar-refractivity contribution < 1.29 is 30.7 Å². The zero-order valence-corrected chi connectivity index (χ0v) is 25.3. The molecule has 0 saturated heterocycles. The lowest BCUT2D eigenvalue weighted by atomic mass is 9.93. The van der Waals surface area contributed by atoms with E-state index in [0.717, 1.165) is 36.0 Å². The lowest BCUT2D eigenvalue weighted by Gasteiger charge is -2.18. The van der Waals surface area contributed by atoms with Gasteiger partial charge in [-0.05, 0) is 66.3 Å². The van der Waals surface area contributed by atoms with Crippen LogP contribution in [0.5, 0.6) is 5.75 Å². The molecule has 6 nitrogen and oxygen atoms in total. The molecule has 0 saturated carbocycles. The van der Waals surface area contributed by atoms with Gasteiger partial charge in [-0.25, -0.2) is 17.8 Å². The van der Waals surface area contributed by atoms with Crippen LogP contribution in [0.1, 0.15) is 38.3 Å². The Hall–Kier alpha value is -3.64. The highest BCUT2D eigenvalue weighted by atomic mass is 32.2. The number of sulfonamides is 1. The smallest absolute Gasteiger partial charge is 0.417 e. The Balaban J connectivity index is 1.85. The van der Waals surface area contributed by atoms with Crippen LogP contribution < -0.4 is 14.8 Å². The van der Waals surface area contributed by atoms with Gasteiger partial charge in [0, 0.05) is 18.3 Å². The first-order valence-electron chi connectivity index (χ1n) is 13.0. The van der Waals surface area contributed by atoms with Gasteiger partial charge < -0.3 is 10.1 Å². The van der Waals surface area contributed by atoms with Gasteiger partial charge in [0.15, 0.2) is 5.13 Å². The molecule has 224 valence electrons. The molecular formula is C30H31F4N3O3S2. The normalized spacial score (nSPS) is 12.3. The molecule has 0 fully saturated rings. The number of rotatable bonds is 9. The van der Waals surface area contributed by atoms with Crippen molar-refractivity contribution in [2.24, 2.45) is 5.41 Å². The molecule has 0 amide bonds. The lowest BCUT2D eigenvalue weighted by molar-refractivity contribution is -0.137. The van der Waals surface area contributed by atoms with Gasteiger partial charge in [-0.1, -0.05) is 56.4 Å². The fourth-order valence-electron chi connectivity index (χ4n) is 4.18. The number of alkyl halides is 3. The monoisotopic (exact) mass is 621 g/mol. The molecule has 1 aromatic heterocycles. The van der Waals surface area contributed by atoms with E-state index in [-0.39, 0.29) is 21.8 Å². The van der Waals surface area contributed by atoms with E-state index in [9.17, 15) is 26.0 Å². The topological polar surface area (TPSA) is 80.3 Å². The molecule has 0 unspecified atom stereocenters. The highest BCUT2D eigenvalue weighted by molar-refractivity contribution is 7.93. The van der Waals surface area contributed by atoms with Crippen molar-refractivity contribution in [2.45, 2.75) is 45.2 Å². The average Bonchev–Trinajstić information content (AvgIpc) is 3.30. The number of benzene rings is 3. The van der Waals surface area contributed by atoms with E-state index in [1.165, 1.54) is 25.1 Å². The summed E-state index contributed by atoms with van der Waals surface area (Å²) in [5.74, 6) is -0.484. The average molecular weight is 622 g/mol. The Morgan fingerprint density at radius 2 is 1.71 bits per heavy atom. The molecule has 0 bridgehead atoms. The summed E-state index contributed by atoms with van der Waals surface area (Å²) in [5.41, 5.74) is 0.0456. The van der Waals surface area contributed by atoms with Crippen molar-refractivity contribution in [2.75, 3.05) is 23.7 Å². The second-order valence-corrected chi connectivity index (χ2v) is 13.5. The number of hydrogen-bond acceptors (Lipinski definition) is 6. The van der Waals surface area contributed by atoms with Crippen LogP contribution in [-0.4, -0.2) is 27.1 Å². The first-order valence-corrected chi connectivity index (χ1v) is 15.3. The minimum atomic E-state index is -4.70. The summed E-state index contributed by atoms with van der Waals surface area (Å²) in [6.45, 7) is 8.21. The summed E-state index contributed by atoms with van der Waals surface area (Å²) in [7, 11) is -2.94. The predicted octanol–water partition coefficient (Wildman–Crippen LogP) is 8.60. The van der Waals surface area contributed by atoms with Crippen LogP contribution in [0.25, 0.3) is 21.7 Å². The molecule has 0 spiro atoms. The Morgan fingerprint density at radius 3 is 2.38 bits per heavy atom. The minimum absolute atomic E-state index is 0.0412. The van der Waals surface area contributed by atoms with Crippen molar-refractivity contribution in [3.05, 3.63) is 77.6 Å². The van der Waals surface area contributed by atoms with Crippen LogP contribution >= 0.6 is 11.3 Å². The maximum Gasteiger partial charge on any atom is 0.417 e. The maximum absolute atomic E-state index is 14.6. The second-order valence-electron chi connectivity index (χ2n) is 10.9. The zero-order valence-electron chi connectivity index (χ0n) is 23.7. The molecule has 42 heavy (non-hydrogen) atoms. The molecule has 0 aliphatic heterocycles. The molecule has 12 heteroatoms. The molecule has 1 heterocycles. The van der Waals surface area contributed by atoms with Crippen LogP contribution in [0.4, 0.5) is 28.4 Å². The van der Waals surface area contributed by atoms with E-state index in [1.54, 1.807) is 31.3 Å². The molecule has 0 aliphatic carbocycles. The highest BCUT2D eigenvalue weighted by Crippen LogP contribution is 2.46. The zero-order chi connectivity index (χ0) is 30.9. The van der Waals surface area contributed by atoms with Crippen LogP contribution in [0.2, 0.25) is 0 Å². The fourth-order valence-corrected chi connectivity index (χ4v) is 6.49. The number of hydrogen-bond donors (Lipinski definition) is 2. The van der Waals surface area contributed by atoms with Gasteiger partial charge in [0.05, 0.1) is 22.7 Å². The van der Waals surface area contributed by atoms with Crippen LogP contribution in [0.15, 0.2) is 65.6 Å². The SMILES string of the molecule is CNc1ccc(F)c(S(=O)(=O)Nc2nc(-c3c(C)cccc3C(F)(F)F)c(-c3cccc(OCCC(C)(C)C)c3)s2)c1. The number of thiazole rings is 1. The largest absolute Gasteiger partial charge is 0.494 e. The predicted molar refractivity (Wildman–Crippen MR) is 159 cm³/mol. The summed E-state index contributed by atoms with van der Waals surface area (Å²) in [4.78, 5) is 4.01. The highest BCUT2D eigenvalue weighted by Gasteiger charge is 2.36. The summed E-state index contributed by atoms with van der Waals surface area (Å²) >= 11 is 0.847. The van der Waals surface area contributed by atoms with Crippen molar-refractivity contribution in [1.82, 2.24) is 4.98 Å². The second kappa shape index (κ2) is 11.9. The number of nitrogens with one attached hydrogen (secondary N) is 2. The summed E-state index contributed by atoms with van der Waals surface area (Å²) in [6, 6.07) is 14.1. The molecule has 3 aromatic carbocycles. The molecule has 0 radical (unpaired) electrons. The molecule has 4 aromatic rings. The third kappa shape index (κ3) is 7.22. The van der Waals surface area contributed by atoms with Gasteiger partial charge >= 0.3 is 6.18 Å². The van der Waals surface area contributed by atoms with Gasteiger partial charge in [-0.15, -0.1) is 0 Å². The third-order valence-corrected chi connectivity index (χ3v) is 8.89. The number of nitrogens with zero attached hydrogens (tertiary/aromatic N) is 1. The Morgan fingerprint density at radius 1 is 1.00 bits per heavy atom. The van der Waals surface area contributed by atoms with E-state index in [0.29, 0.717) is 34.0 Å². The van der Waals surface area contributed by atoms with Crippen molar-refractivity contribution in [1.29, 1.82) is 0 Å². The fraction of sp³-hybridized carbons (Fsp3) is 0.300.